The van der Waals surface area contributed by atoms with Gasteiger partial charge in [0.25, 0.3) is 0 Å². The Morgan fingerprint density at radius 3 is 1.67 bits per heavy atom. The molecule has 32 heteroatoms. The summed E-state index contributed by atoms with van der Waals surface area (Å²) in [6.45, 7) is 3.94. The Morgan fingerprint density at radius 1 is 0.604 bits per heavy atom. The number of hydrogen-bond acceptors (Lipinski definition) is 17. The molecular formula is C64H97N19O12S. The zero-order valence-corrected chi connectivity index (χ0v) is 55.7. The minimum Gasteiger partial charge on any atom is -0.370 e. The molecule has 0 bridgehead atoms. The number of amides is 12. The summed E-state index contributed by atoms with van der Waals surface area (Å²) < 4.78 is 0. The summed E-state index contributed by atoms with van der Waals surface area (Å²) in [7, 11) is 0. The van der Waals surface area contributed by atoms with Crippen LogP contribution in [0.25, 0.3) is 0 Å². The molecule has 2 saturated heterocycles. The molecule has 0 radical (unpaired) electrons. The van der Waals surface area contributed by atoms with Crippen LogP contribution in [-0.4, -0.2) is 202 Å². The Kier molecular flexibility index (Phi) is 32.5. The van der Waals surface area contributed by atoms with E-state index in [4.69, 9.17) is 34.4 Å². The molecule has 3 heterocycles. The molecule has 0 aliphatic carbocycles. The van der Waals surface area contributed by atoms with Crippen LogP contribution in [0.5, 0.6) is 0 Å². The van der Waals surface area contributed by atoms with Gasteiger partial charge in [-0.15, -0.1) is 0 Å². The fourth-order valence-corrected chi connectivity index (χ4v) is 11.8. The number of likely N-dealkylation sites (tertiary alicyclic amines) is 2. The lowest BCUT2D eigenvalue weighted by atomic mass is 10.0. The summed E-state index contributed by atoms with van der Waals surface area (Å²) in [6, 6.07) is 4.99. The highest BCUT2D eigenvalue weighted by Gasteiger charge is 2.42. The number of nitrogens with zero attached hydrogens (tertiary/aromatic N) is 4. The molecule has 2 fully saturated rings. The first-order valence-electron chi connectivity index (χ1n) is 32.5. The smallest absolute Gasteiger partial charge is 0.245 e. The van der Waals surface area contributed by atoms with E-state index in [0.717, 1.165) is 0 Å². The van der Waals surface area contributed by atoms with E-state index >= 15 is 0 Å². The molecule has 5 rings (SSSR count). The molecule has 10 atom stereocenters. The molecule has 12 amide bonds. The average Bonchev–Trinajstić information content (AvgIpc) is 1.64. The highest BCUT2D eigenvalue weighted by Crippen LogP contribution is 2.24. The lowest BCUT2D eigenvalue weighted by Crippen LogP contribution is -2.60. The number of nitrogens with two attached hydrogens (primary N) is 6. The lowest BCUT2D eigenvalue weighted by molar-refractivity contribution is -0.144. The predicted octanol–water partition coefficient (Wildman–Crippen LogP) is -3.01. The summed E-state index contributed by atoms with van der Waals surface area (Å²) in [4.78, 5) is 181. The van der Waals surface area contributed by atoms with Crippen molar-refractivity contribution in [2.24, 2.45) is 45.3 Å². The molecule has 2 aromatic carbocycles. The molecule has 21 N–H and O–H groups in total. The molecular weight excluding hydrogens is 1260 g/mol. The Hall–Kier alpha value is -9.17. The lowest BCUT2D eigenvalue weighted by Gasteiger charge is -2.32. The second-order valence-corrected chi connectivity index (χ2v) is 25.4. The van der Waals surface area contributed by atoms with Gasteiger partial charge in [-0.1, -0.05) is 80.9 Å². The average molecular weight is 1360 g/mol. The number of aromatic nitrogens is 2. The van der Waals surface area contributed by atoms with Crippen LogP contribution in [-0.2, 0) is 76.8 Å². The van der Waals surface area contributed by atoms with E-state index in [1.165, 1.54) is 34.1 Å². The Labute approximate surface area is 563 Å². The molecule has 0 spiro atoms. The van der Waals surface area contributed by atoms with Gasteiger partial charge in [-0.05, 0) is 106 Å². The zero-order chi connectivity index (χ0) is 70.3. The fourth-order valence-electron chi connectivity index (χ4n) is 11.3. The monoisotopic (exact) mass is 1360 g/mol. The van der Waals surface area contributed by atoms with Gasteiger partial charge in [0.1, 0.15) is 54.4 Å². The summed E-state index contributed by atoms with van der Waals surface area (Å²) in [5, 5.41) is 21.5. The maximum atomic E-state index is 14.7. The fraction of sp³-hybridized carbons (Fsp3) is 0.562. The number of hydrogen-bond donors (Lipinski definition) is 15. The number of H-pyrrole nitrogens is 1. The van der Waals surface area contributed by atoms with Crippen molar-refractivity contribution in [3.63, 3.8) is 0 Å². The maximum absolute atomic E-state index is 14.7. The van der Waals surface area contributed by atoms with E-state index in [2.05, 4.69) is 57.5 Å². The van der Waals surface area contributed by atoms with Gasteiger partial charge in [-0.25, -0.2) is 4.98 Å². The summed E-state index contributed by atoms with van der Waals surface area (Å²) in [5.74, 6) is -8.64. The second-order valence-electron chi connectivity index (χ2n) is 24.4. The van der Waals surface area contributed by atoms with Crippen LogP contribution in [0, 0.1) is 5.92 Å². The molecule has 96 heavy (non-hydrogen) atoms. The summed E-state index contributed by atoms with van der Waals surface area (Å²) in [6.07, 6.45) is 6.99. The summed E-state index contributed by atoms with van der Waals surface area (Å²) in [5.41, 5.74) is 35.8. The molecule has 3 aromatic rings. The number of guanidine groups is 1. The summed E-state index contributed by atoms with van der Waals surface area (Å²) >= 11 is 1.46. The van der Waals surface area contributed by atoms with E-state index in [-0.39, 0.29) is 82.9 Å². The van der Waals surface area contributed by atoms with Crippen molar-refractivity contribution in [2.45, 2.75) is 177 Å². The number of aliphatic imine (C=N–C) groups is 1. The highest BCUT2D eigenvalue weighted by molar-refractivity contribution is 7.98. The molecule has 526 valence electrons. The van der Waals surface area contributed by atoms with Gasteiger partial charge in [0.15, 0.2) is 5.96 Å². The van der Waals surface area contributed by atoms with E-state index in [0.29, 0.717) is 67.6 Å². The molecule has 2 aliphatic heterocycles. The quantitative estimate of drug-likeness (QED) is 0.0153. The number of carbonyl (C=O) groups excluding carboxylic acids is 12. The topological polar surface area (TPSA) is 505 Å². The van der Waals surface area contributed by atoms with Crippen LogP contribution in [0.1, 0.15) is 114 Å². The number of benzene rings is 2. The van der Waals surface area contributed by atoms with Gasteiger partial charge in [0.2, 0.25) is 70.9 Å². The normalized spacial score (nSPS) is 16.8. The van der Waals surface area contributed by atoms with Crippen molar-refractivity contribution in [1.29, 1.82) is 0 Å². The van der Waals surface area contributed by atoms with E-state index in [1.807, 2.05) is 20.1 Å². The predicted molar refractivity (Wildman–Crippen MR) is 359 cm³/mol. The SMILES string of the molecule is CSCC[C@H](NC(=O)[C@H](CC(C)C)NC(=O)CNC(=O)[C@H](Cc1ccccc1)NC(=O)[C@H](Cc1ccccc1)NC(=O)[C@H](CCC(N)=O)NC(=O)[C@H](Cc1cnc[nH]1)NC(=O)[C@@H]1CCCN1C(=O)[C@H](CCCN=C(N)N)NC(=O)[C@@H]1CCCN1C(=O)[C@@H](N)CCCCN)C(N)=O. The molecule has 0 unspecified atom stereocenters. The largest absolute Gasteiger partial charge is 0.370 e. The number of unbranched alkanes of at least 4 members (excludes halogenated alkanes) is 1. The number of imidazole rings is 1. The second kappa shape index (κ2) is 40.3. The van der Waals surface area contributed by atoms with Gasteiger partial charge in [0, 0.05) is 57.2 Å². The first kappa shape index (κ1) is 77.5. The van der Waals surface area contributed by atoms with Crippen molar-refractivity contribution in [2.75, 3.05) is 44.7 Å². The number of rotatable bonds is 41. The third-order valence-corrected chi connectivity index (χ3v) is 17.0. The third-order valence-electron chi connectivity index (χ3n) is 16.3. The van der Waals surface area contributed by atoms with Crippen LogP contribution in [0.15, 0.2) is 78.2 Å². The van der Waals surface area contributed by atoms with Crippen LogP contribution in [0.4, 0.5) is 0 Å². The highest BCUT2D eigenvalue weighted by atomic mass is 32.2. The minimum absolute atomic E-state index is 0.0354. The number of aromatic amines is 1. The number of primary amides is 2. The van der Waals surface area contributed by atoms with Crippen molar-refractivity contribution in [1.82, 2.24) is 62.3 Å². The van der Waals surface area contributed by atoms with Gasteiger partial charge in [-0.3, -0.25) is 62.5 Å². The van der Waals surface area contributed by atoms with Crippen LogP contribution in [0.2, 0.25) is 0 Å². The maximum Gasteiger partial charge on any atom is 0.245 e. The van der Waals surface area contributed by atoms with Crippen LogP contribution >= 0.6 is 11.8 Å². The minimum atomic E-state index is -1.59. The van der Waals surface area contributed by atoms with E-state index in [1.54, 1.807) is 60.7 Å². The van der Waals surface area contributed by atoms with E-state index < -0.39 is 151 Å². The Morgan fingerprint density at radius 2 is 1.14 bits per heavy atom. The van der Waals surface area contributed by atoms with Gasteiger partial charge < -0.3 is 91.7 Å². The molecule has 31 nitrogen and oxygen atoms in total. The van der Waals surface area contributed by atoms with Gasteiger partial charge in [-0.2, -0.15) is 11.8 Å². The van der Waals surface area contributed by atoms with E-state index in [9.17, 15) is 57.5 Å². The van der Waals surface area contributed by atoms with Gasteiger partial charge >= 0.3 is 0 Å². The standard InChI is InChI=1S/C64H97N19O12S/c1-38(2)31-46(57(89)76-43(54(68)86)25-30-96-3)75-53(85)36-73-55(87)47(32-39-15-6-4-7-16-39)79-58(90)48(33-40-17-8-5-9-18-40)80-56(88)44(23-24-52(67)84)77-59(91)49(34-41-35-71-37-74-41)81-61(93)51-22-14-29-83(51)63(95)45(20-12-27-72-64(69)70)78-60(92)50-21-13-28-82(50)62(94)42(66)19-10-11-26-65/h4-9,15-18,35,37-38,42-51H,10-14,19-34,36,65-66H2,1-3H3,(H2,67,84)(H2,68,86)(H,71,74)(H,73,87)(H,75,85)(H,76,89)(H,77,91)(H,78,92)(H,79,90)(H,80,88)(H,81,93)(H4,69,70,72)/t42-,43-,44-,45-,46-,47-,48-,49-,50-,51-/m0/s1. The van der Waals surface area contributed by atoms with Crippen LogP contribution in [0.3, 0.4) is 0 Å². The number of thioether (sulfide) groups is 1. The zero-order valence-electron chi connectivity index (χ0n) is 54.9. The molecule has 1 aromatic heterocycles. The number of nitrogens with one attached hydrogen (secondary N) is 9. The molecule has 0 saturated carbocycles. The van der Waals surface area contributed by atoms with Gasteiger partial charge in [0.05, 0.1) is 18.9 Å². The van der Waals surface area contributed by atoms with Crippen molar-refractivity contribution in [3.8, 4) is 0 Å². The third kappa shape index (κ3) is 25.9. The Bertz CT molecular complexity index is 3100. The first-order chi connectivity index (χ1) is 45.9. The Balaban J connectivity index is 1.36. The molecule has 2 aliphatic rings. The van der Waals surface area contributed by atoms with Crippen molar-refractivity contribution < 1.29 is 57.5 Å². The van der Waals surface area contributed by atoms with Crippen molar-refractivity contribution in [3.05, 3.63) is 90.0 Å². The number of carbonyl (C=O) groups is 12. The van der Waals surface area contributed by atoms with Crippen molar-refractivity contribution >= 4 is 88.6 Å². The first-order valence-corrected chi connectivity index (χ1v) is 33.9. The van der Waals surface area contributed by atoms with Crippen LogP contribution < -0.4 is 76.9 Å².